The summed E-state index contributed by atoms with van der Waals surface area (Å²) < 4.78 is 26.2. The van der Waals surface area contributed by atoms with Crippen LogP contribution in [0.15, 0.2) is 16.6 Å². The summed E-state index contributed by atoms with van der Waals surface area (Å²) in [7, 11) is 0. The average molecular weight is 252 g/mol. The second-order valence-corrected chi connectivity index (χ2v) is 3.46. The Bertz CT molecular complexity index is 317. The first-order chi connectivity index (χ1) is 5.52. The van der Waals surface area contributed by atoms with Crippen LogP contribution in [0.2, 0.25) is 0 Å². The molecule has 0 heterocycles. The van der Waals surface area contributed by atoms with Gasteiger partial charge in [0.05, 0.1) is 5.56 Å². The molecule has 0 bridgehead atoms. The number of benzene rings is 1. The van der Waals surface area contributed by atoms with Gasteiger partial charge in [-0.15, -0.1) is 0 Å². The first-order valence-corrected chi connectivity index (χ1v) is 4.17. The van der Waals surface area contributed by atoms with Crippen LogP contribution in [0, 0.1) is 11.6 Å². The third-order valence-electron chi connectivity index (χ3n) is 1.25. The maximum Gasteiger partial charge on any atom is 0.137 e. The molecule has 0 spiro atoms. The van der Waals surface area contributed by atoms with E-state index in [1.54, 1.807) is 0 Å². The molecule has 0 saturated heterocycles. The number of halogens is 3. The molecule has 1 rings (SSSR count). The summed E-state index contributed by atoms with van der Waals surface area (Å²) in [4.78, 5) is -0.280. The Balaban J connectivity index is 3.38. The number of hydrogen-bond acceptors (Lipinski definition) is 1. The summed E-state index contributed by atoms with van der Waals surface area (Å²) in [5.41, 5.74) is 4.76. The summed E-state index contributed by atoms with van der Waals surface area (Å²) in [6.45, 7) is 0. The molecular formula is C7H4BrF2NS. The molecule has 1 aromatic carbocycles. The highest BCUT2D eigenvalue weighted by molar-refractivity contribution is 9.10. The van der Waals surface area contributed by atoms with E-state index < -0.39 is 11.6 Å². The molecule has 0 unspecified atom stereocenters. The van der Waals surface area contributed by atoms with Gasteiger partial charge in [0.25, 0.3) is 0 Å². The monoisotopic (exact) mass is 251 g/mol. The third kappa shape index (κ3) is 1.78. The van der Waals surface area contributed by atoms with Gasteiger partial charge in [0.1, 0.15) is 16.6 Å². The van der Waals surface area contributed by atoms with E-state index >= 15 is 0 Å². The van der Waals surface area contributed by atoms with Crippen LogP contribution in [0.4, 0.5) is 8.78 Å². The van der Waals surface area contributed by atoms with E-state index in [0.29, 0.717) is 4.47 Å². The van der Waals surface area contributed by atoms with E-state index in [1.165, 1.54) is 0 Å². The maximum atomic E-state index is 12.9. The van der Waals surface area contributed by atoms with Crippen LogP contribution in [0.5, 0.6) is 0 Å². The van der Waals surface area contributed by atoms with Crippen LogP contribution < -0.4 is 5.73 Å². The first-order valence-electron chi connectivity index (χ1n) is 2.96. The number of hydrogen-bond donors (Lipinski definition) is 1. The molecule has 0 saturated carbocycles. The fraction of sp³-hybridized carbons (Fsp3) is 0. The topological polar surface area (TPSA) is 26.0 Å². The van der Waals surface area contributed by atoms with E-state index in [4.69, 9.17) is 5.73 Å². The Hall–Kier alpha value is -0.550. The summed E-state index contributed by atoms with van der Waals surface area (Å²) in [5, 5.41) is 0. The summed E-state index contributed by atoms with van der Waals surface area (Å²) >= 11 is 7.39. The summed E-state index contributed by atoms with van der Waals surface area (Å²) in [6, 6.07) is 2.22. The van der Waals surface area contributed by atoms with E-state index in [1.807, 2.05) is 0 Å². The van der Waals surface area contributed by atoms with E-state index in [2.05, 4.69) is 28.1 Å². The van der Waals surface area contributed by atoms with Crippen LogP contribution in [0.1, 0.15) is 5.56 Å². The van der Waals surface area contributed by atoms with Gasteiger partial charge in [-0.3, -0.25) is 0 Å². The largest absolute Gasteiger partial charge is 0.389 e. The van der Waals surface area contributed by atoms with Crippen LogP contribution in [0.3, 0.4) is 0 Å². The van der Waals surface area contributed by atoms with Crippen molar-refractivity contribution in [3.05, 3.63) is 33.8 Å². The lowest BCUT2D eigenvalue weighted by atomic mass is 10.2. The number of thiocarbonyl (C=S) groups is 1. The van der Waals surface area contributed by atoms with Crippen molar-refractivity contribution < 1.29 is 8.78 Å². The van der Waals surface area contributed by atoms with Crippen LogP contribution in [-0.4, -0.2) is 4.99 Å². The average Bonchev–Trinajstić information content (AvgIpc) is 1.82. The van der Waals surface area contributed by atoms with Gasteiger partial charge < -0.3 is 5.73 Å². The van der Waals surface area contributed by atoms with Gasteiger partial charge in [-0.05, 0) is 12.1 Å². The molecule has 5 heteroatoms. The van der Waals surface area contributed by atoms with Crippen molar-refractivity contribution in [3.63, 3.8) is 0 Å². The molecule has 64 valence electrons. The molecule has 0 amide bonds. The smallest absolute Gasteiger partial charge is 0.137 e. The quantitative estimate of drug-likeness (QED) is 0.776. The second kappa shape index (κ2) is 3.45. The van der Waals surface area contributed by atoms with Crippen LogP contribution in [0.25, 0.3) is 0 Å². The molecule has 0 aliphatic heterocycles. The van der Waals surface area contributed by atoms with Crippen molar-refractivity contribution in [2.24, 2.45) is 5.73 Å². The predicted octanol–water partition coefficient (Wildman–Crippen LogP) is 2.36. The summed E-state index contributed by atoms with van der Waals surface area (Å²) in [5.74, 6) is -1.51. The zero-order valence-corrected chi connectivity index (χ0v) is 8.18. The molecular weight excluding hydrogens is 248 g/mol. The van der Waals surface area contributed by atoms with E-state index in [9.17, 15) is 8.78 Å². The normalized spacial score (nSPS) is 9.92. The highest BCUT2D eigenvalue weighted by Crippen LogP contribution is 2.18. The lowest BCUT2D eigenvalue weighted by Crippen LogP contribution is -2.14. The standard InChI is InChI=1S/C7H4BrF2NS/c8-3-1-4(9)6(7(11)12)5(10)2-3/h1-2H,(H2,11,12). The molecule has 0 aliphatic carbocycles. The minimum Gasteiger partial charge on any atom is -0.389 e. The molecule has 12 heavy (non-hydrogen) atoms. The van der Waals surface area contributed by atoms with Gasteiger partial charge in [-0.1, -0.05) is 28.1 Å². The van der Waals surface area contributed by atoms with Gasteiger partial charge in [0, 0.05) is 4.47 Å². The lowest BCUT2D eigenvalue weighted by Gasteiger charge is -2.02. The lowest BCUT2D eigenvalue weighted by molar-refractivity contribution is 0.578. The minimum atomic E-state index is -0.755. The van der Waals surface area contributed by atoms with Crippen LogP contribution in [-0.2, 0) is 0 Å². The van der Waals surface area contributed by atoms with Gasteiger partial charge in [-0.2, -0.15) is 0 Å². The van der Waals surface area contributed by atoms with E-state index in [-0.39, 0.29) is 10.6 Å². The summed E-state index contributed by atoms with van der Waals surface area (Å²) in [6.07, 6.45) is 0. The number of nitrogens with two attached hydrogens (primary N) is 1. The van der Waals surface area contributed by atoms with Crippen LogP contribution >= 0.6 is 28.1 Å². The van der Waals surface area contributed by atoms with Gasteiger partial charge in [-0.25, -0.2) is 8.78 Å². The Morgan fingerprint density at radius 3 is 2.08 bits per heavy atom. The Morgan fingerprint density at radius 2 is 1.75 bits per heavy atom. The molecule has 0 atom stereocenters. The molecule has 0 radical (unpaired) electrons. The van der Waals surface area contributed by atoms with Crippen molar-refractivity contribution >= 4 is 33.1 Å². The predicted molar refractivity (Wildman–Crippen MR) is 49.9 cm³/mol. The van der Waals surface area contributed by atoms with Gasteiger partial charge >= 0.3 is 0 Å². The fourth-order valence-electron chi connectivity index (χ4n) is 0.778. The second-order valence-electron chi connectivity index (χ2n) is 2.11. The Kier molecular flexibility index (Phi) is 2.74. The Labute approximate surface area is 81.7 Å². The van der Waals surface area contributed by atoms with E-state index in [0.717, 1.165) is 12.1 Å². The molecule has 1 aromatic rings. The zero-order chi connectivity index (χ0) is 9.30. The SMILES string of the molecule is NC(=S)c1c(F)cc(Br)cc1F. The molecule has 2 N–H and O–H groups in total. The van der Waals surface area contributed by atoms with Crippen molar-refractivity contribution in [3.8, 4) is 0 Å². The maximum absolute atomic E-state index is 12.9. The highest BCUT2D eigenvalue weighted by atomic mass is 79.9. The minimum absolute atomic E-state index is 0.280. The molecule has 0 aliphatic rings. The van der Waals surface area contributed by atoms with Crippen molar-refractivity contribution in [2.45, 2.75) is 0 Å². The molecule has 0 aromatic heterocycles. The molecule has 0 fully saturated rings. The van der Waals surface area contributed by atoms with Gasteiger partial charge in [0.2, 0.25) is 0 Å². The highest BCUT2D eigenvalue weighted by Gasteiger charge is 2.12. The Morgan fingerprint density at radius 1 is 1.33 bits per heavy atom. The molecule has 1 nitrogen and oxygen atoms in total. The van der Waals surface area contributed by atoms with Crippen molar-refractivity contribution in [1.82, 2.24) is 0 Å². The fourth-order valence-corrected chi connectivity index (χ4v) is 1.37. The zero-order valence-electron chi connectivity index (χ0n) is 5.77. The number of rotatable bonds is 1. The third-order valence-corrected chi connectivity index (χ3v) is 1.92. The van der Waals surface area contributed by atoms with Gasteiger partial charge in [0.15, 0.2) is 0 Å². The first kappa shape index (κ1) is 9.54. The van der Waals surface area contributed by atoms with Crippen molar-refractivity contribution in [1.29, 1.82) is 0 Å². The van der Waals surface area contributed by atoms with Crippen molar-refractivity contribution in [2.75, 3.05) is 0 Å².